The van der Waals surface area contributed by atoms with Gasteiger partial charge in [-0.3, -0.25) is 0 Å². The SMILES string of the molecule is CC(C)(O)C(C)(C)O.[B]C1=CNCC1. The fraction of sp³-hybridized carbons (Fsp3) is 0.800. The van der Waals surface area contributed by atoms with Gasteiger partial charge in [0.15, 0.2) is 0 Å². The maximum Gasteiger partial charge on any atom is 0.109 e. The van der Waals surface area contributed by atoms with Crippen molar-refractivity contribution in [2.75, 3.05) is 6.54 Å². The van der Waals surface area contributed by atoms with Crippen LogP contribution >= 0.6 is 0 Å². The summed E-state index contributed by atoms with van der Waals surface area (Å²) in [7, 11) is 5.33. The van der Waals surface area contributed by atoms with Gasteiger partial charge in [0.2, 0.25) is 0 Å². The van der Waals surface area contributed by atoms with Crippen molar-refractivity contribution >= 4 is 7.85 Å². The van der Waals surface area contributed by atoms with Crippen LogP contribution in [0, 0.1) is 0 Å². The first kappa shape index (κ1) is 13.5. The van der Waals surface area contributed by atoms with Gasteiger partial charge in [0.05, 0.1) is 11.2 Å². The summed E-state index contributed by atoms with van der Waals surface area (Å²) in [6.07, 6.45) is 2.86. The van der Waals surface area contributed by atoms with Gasteiger partial charge < -0.3 is 15.5 Å². The van der Waals surface area contributed by atoms with E-state index >= 15 is 0 Å². The Bertz CT molecular complexity index is 189. The summed E-state index contributed by atoms with van der Waals surface area (Å²) < 4.78 is 0. The monoisotopic (exact) mass is 197 g/mol. The second-order valence-electron chi connectivity index (χ2n) is 4.54. The van der Waals surface area contributed by atoms with Crippen molar-refractivity contribution in [3.05, 3.63) is 11.7 Å². The van der Waals surface area contributed by atoms with Gasteiger partial charge in [-0.05, 0) is 40.3 Å². The molecule has 0 aromatic carbocycles. The number of nitrogens with one attached hydrogen (secondary N) is 1. The minimum absolute atomic E-state index is 0.968. The third kappa shape index (κ3) is 5.30. The highest BCUT2D eigenvalue weighted by Gasteiger charge is 2.31. The Morgan fingerprint density at radius 1 is 1.21 bits per heavy atom. The van der Waals surface area contributed by atoms with Gasteiger partial charge in [-0.2, -0.15) is 0 Å². The molecule has 1 heterocycles. The Kier molecular flexibility index (Phi) is 4.68. The van der Waals surface area contributed by atoms with Crippen LogP contribution in [0.3, 0.4) is 0 Å². The molecule has 0 saturated carbocycles. The number of hydrogen-bond acceptors (Lipinski definition) is 3. The Balaban J connectivity index is 0.000000249. The number of aliphatic hydroxyl groups is 2. The minimum atomic E-state index is -1.01. The molecule has 0 aromatic heterocycles. The first-order chi connectivity index (χ1) is 6.14. The number of hydrogen-bond donors (Lipinski definition) is 3. The van der Waals surface area contributed by atoms with E-state index in [1.54, 1.807) is 27.7 Å². The second kappa shape index (κ2) is 4.85. The van der Waals surface area contributed by atoms with Crippen molar-refractivity contribution in [3.8, 4) is 0 Å². The largest absolute Gasteiger partial charge is 0.391 e. The summed E-state index contributed by atoms with van der Waals surface area (Å²) >= 11 is 0. The zero-order valence-electron chi connectivity index (χ0n) is 9.46. The lowest BCUT2D eigenvalue weighted by atomic mass is 9.90. The van der Waals surface area contributed by atoms with Gasteiger partial charge in [-0.15, -0.1) is 5.47 Å². The molecule has 0 fully saturated rings. The standard InChI is InChI=1S/C6H14O2.C4H6BN/c1-5(2,7)6(3,4)8;5-4-1-2-6-3-4/h7-8H,1-4H3;3,6H,1-2H2. The van der Waals surface area contributed by atoms with Crippen LogP contribution in [0.15, 0.2) is 11.7 Å². The Morgan fingerprint density at radius 3 is 1.71 bits per heavy atom. The first-order valence-corrected chi connectivity index (χ1v) is 4.77. The molecule has 0 bridgehead atoms. The Hall–Kier alpha value is -0.475. The highest BCUT2D eigenvalue weighted by atomic mass is 16.3. The third-order valence-electron chi connectivity index (χ3n) is 2.34. The molecule has 4 heteroatoms. The molecule has 14 heavy (non-hydrogen) atoms. The molecule has 0 aromatic rings. The van der Waals surface area contributed by atoms with E-state index in [4.69, 9.17) is 18.1 Å². The topological polar surface area (TPSA) is 52.5 Å². The fourth-order valence-corrected chi connectivity index (χ4v) is 0.492. The van der Waals surface area contributed by atoms with E-state index in [1.165, 1.54) is 0 Å². The van der Waals surface area contributed by atoms with E-state index in [-0.39, 0.29) is 0 Å². The van der Waals surface area contributed by atoms with Crippen molar-refractivity contribution in [3.63, 3.8) is 0 Å². The van der Waals surface area contributed by atoms with Gasteiger partial charge in [0.25, 0.3) is 0 Å². The molecule has 0 spiro atoms. The molecule has 3 nitrogen and oxygen atoms in total. The summed E-state index contributed by atoms with van der Waals surface area (Å²) in [5, 5.41) is 21.2. The summed E-state index contributed by atoms with van der Waals surface area (Å²) in [5.41, 5.74) is -1.05. The highest BCUT2D eigenvalue weighted by Crippen LogP contribution is 2.19. The molecule has 80 valence electrons. The van der Waals surface area contributed by atoms with E-state index in [9.17, 15) is 0 Å². The minimum Gasteiger partial charge on any atom is -0.391 e. The molecule has 1 aliphatic heterocycles. The van der Waals surface area contributed by atoms with E-state index in [1.807, 2.05) is 6.20 Å². The van der Waals surface area contributed by atoms with Crippen LogP contribution in [-0.4, -0.2) is 35.8 Å². The van der Waals surface area contributed by atoms with E-state index in [0.29, 0.717) is 0 Å². The Morgan fingerprint density at radius 2 is 1.64 bits per heavy atom. The molecule has 1 aliphatic rings. The molecular formula is C10H20BNO2. The summed E-state index contributed by atoms with van der Waals surface area (Å²) in [5.74, 6) is 0. The lowest BCUT2D eigenvalue weighted by Crippen LogP contribution is -2.44. The molecule has 1 rings (SSSR count). The van der Waals surface area contributed by atoms with Gasteiger partial charge in [0, 0.05) is 6.54 Å². The van der Waals surface area contributed by atoms with Gasteiger partial charge in [-0.25, -0.2) is 0 Å². The smallest absolute Gasteiger partial charge is 0.109 e. The molecule has 0 amide bonds. The second-order valence-corrected chi connectivity index (χ2v) is 4.54. The van der Waals surface area contributed by atoms with E-state index in [0.717, 1.165) is 18.4 Å². The fourth-order valence-electron chi connectivity index (χ4n) is 0.492. The van der Waals surface area contributed by atoms with Crippen molar-refractivity contribution < 1.29 is 10.2 Å². The van der Waals surface area contributed by atoms with Crippen molar-refractivity contribution in [2.24, 2.45) is 0 Å². The van der Waals surface area contributed by atoms with Crippen LogP contribution in [0.1, 0.15) is 34.1 Å². The van der Waals surface area contributed by atoms with Crippen LogP contribution in [0.5, 0.6) is 0 Å². The maximum atomic E-state index is 9.10. The van der Waals surface area contributed by atoms with Crippen LogP contribution in [0.2, 0.25) is 0 Å². The average molecular weight is 197 g/mol. The lowest BCUT2D eigenvalue weighted by molar-refractivity contribution is -0.107. The lowest BCUT2D eigenvalue weighted by Gasteiger charge is -2.31. The molecule has 2 radical (unpaired) electrons. The molecular weight excluding hydrogens is 177 g/mol. The predicted octanol–water partition coefficient (Wildman–Crippen LogP) is 0.518. The third-order valence-corrected chi connectivity index (χ3v) is 2.34. The van der Waals surface area contributed by atoms with Crippen LogP contribution in [0.25, 0.3) is 0 Å². The average Bonchev–Trinajstić information content (AvgIpc) is 2.35. The van der Waals surface area contributed by atoms with Crippen molar-refractivity contribution in [1.29, 1.82) is 0 Å². The molecule has 0 unspecified atom stereocenters. The predicted molar refractivity (Wildman–Crippen MR) is 59.1 cm³/mol. The van der Waals surface area contributed by atoms with Crippen LogP contribution < -0.4 is 5.32 Å². The summed E-state index contributed by atoms with van der Waals surface area (Å²) in [4.78, 5) is 0. The van der Waals surface area contributed by atoms with Crippen LogP contribution in [-0.2, 0) is 0 Å². The quantitative estimate of drug-likeness (QED) is 0.537. The van der Waals surface area contributed by atoms with Crippen LogP contribution in [0.4, 0.5) is 0 Å². The maximum absolute atomic E-state index is 9.10. The first-order valence-electron chi connectivity index (χ1n) is 4.77. The van der Waals surface area contributed by atoms with Crippen molar-refractivity contribution in [2.45, 2.75) is 45.3 Å². The van der Waals surface area contributed by atoms with Gasteiger partial charge in [-0.1, -0.05) is 0 Å². The van der Waals surface area contributed by atoms with E-state index < -0.39 is 11.2 Å². The van der Waals surface area contributed by atoms with Crippen molar-refractivity contribution in [1.82, 2.24) is 5.32 Å². The zero-order chi connectivity index (χ0) is 11.4. The normalized spacial score (nSPS) is 16.6. The molecule has 0 saturated heterocycles. The van der Waals surface area contributed by atoms with Gasteiger partial charge in [0.1, 0.15) is 7.85 Å². The Labute approximate surface area is 87.6 Å². The number of rotatable bonds is 1. The molecule has 0 atom stereocenters. The van der Waals surface area contributed by atoms with E-state index in [2.05, 4.69) is 5.32 Å². The highest BCUT2D eigenvalue weighted by molar-refractivity contribution is 6.21. The molecule has 3 N–H and O–H groups in total. The molecule has 0 aliphatic carbocycles. The summed E-state index contributed by atoms with van der Waals surface area (Å²) in [6, 6.07) is 0. The zero-order valence-corrected chi connectivity index (χ0v) is 9.46. The van der Waals surface area contributed by atoms with Gasteiger partial charge >= 0.3 is 0 Å². The summed E-state index contributed by atoms with van der Waals surface area (Å²) in [6.45, 7) is 7.33.